The first-order chi connectivity index (χ1) is 9.24. The Morgan fingerprint density at radius 3 is 3.26 bits per heavy atom. The Morgan fingerprint density at radius 1 is 1.68 bits per heavy atom. The molecule has 104 valence electrons. The van der Waals surface area contributed by atoms with E-state index >= 15 is 0 Å². The van der Waals surface area contributed by atoms with Crippen molar-refractivity contribution < 1.29 is 14.3 Å². The quantitative estimate of drug-likeness (QED) is 0.904. The summed E-state index contributed by atoms with van der Waals surface area (Å²) in [4.78, 5) is 18.0. The van der Waals surface area contributed by atoms with Gasteiger partial charge in [0.2, 0.25) is 5.88 Å². The number of urea groups is 1. The number of hydrogen-bond donors (Lipinski definition) is 1. The maximum Gasteiger partial charge on any atom is 0.322 e. The van der Waals surface area contributed by atoms with E-state index in [-0.39, 0.29) is 12.1 Å². The summed E-state index contributed by atoms with van der Waals surface area (Å²) in [6.45, 7) is 3.85. The van der Waals surface area contributed by atoms with Crippen molar-refractivity contribution in [3.05, 3.63) is 18.3 Å². The second kappa shape index (κ2) is 6.38. The second-order valence-electron chi connectivity index (χ2n) is 4.34. The lowest BCUT2D eigenvalue weighted by Crippen LogP contribution is -2.47. The molecule has 0 radical (unpaired) electrons. The lowest BCUT2D eigenvalue weighted by Gasteiger charge is -2.32. The summed E-state index contributed by atoms with van der Waals surface area (Å²) in [6.07, 6.45) is 2.64. The van der Waals surface area contributed by atoms with Gasteiger partial charge in [0.1, 0.15) is 5.69 Å². The van der Waals surface area contributed by atoms with Crippen LogP contribution in [0.5, 0.6) is 5.88 Å². The molecule has 1 fully saturated rings. The Kier molecular flexibility index (Phi) is 4.57. The maximum atomic E-state index is 12.2. The van der Waals surface area contributed by atoms with Crippen molar-refractivity contribution in [1.82, 2.24) is 9.88 Å². The Labute approximate surface area is 112 Å². The molecule has 1 aromatic rings. The zero-order valence-corrected chi connectivity index (χ0v) is 11.3. The Balaban J connectivity index is 2.00. The van der Waals surface area contributed by atoms with E-state index in [2.05, 4.69) is 17.2 Å². The molecule has 19 heavy (non-hydrogen) atoms. The van der Waals surface area contributed by atoms with E-state index in [1.807, 2.05) is 0 Å². The summed E-state index contributed by atoms with van der Waals surface area (Å²) in [5.41, 5.74) is 0.578. The fourth-order valence-corrected chi connectivity index (χ4v) is 1.99. The fourth-order valence-electron chi connectivity index (χ4n) is 1.99. The number of methoxy groups -OCH3 is 1. The summed E-state index contributed by atoms with van der Waals surface area (Å²) in [6, 6.07) is 3.38. The third-order valence-corrected chi connectivity index (χ3v) is 3.09. The van der Waals surface area contributed by atoms with Gasteiger partial charge in [0, 0.05) is 19.3 Å². The van der Waals surface area contributed by atoms with Crippen LogP contribution in [0.2, 0.25) is 0 Å². The molecule has 6 nitrogen and oxygen atoms in total. The number of amides is 2. The number of nitrogens with one attached hydrogen (secondary N) is 1. The first-order valence-electron chi connectivity index (χ1n) is 6.41. The van der Waals surface area contributed by atoms with Crippen molar-refractivity contribution in [2.45, 2.75) is 19.4 Å². The van der Waals surface area contributed by atoms with Crippen molar-refractivity contribution in [3.8, 4) is 5.88 Å². The SMILES string of the molecule is CC[C@@H]1CN(C(=O)Nc2cccnc2OC)CCO1. The van der Waals surface area contributed by atoms with Crippen LogP contribution in [0.25, 0.3) is 0 Å². The summed E-state index contributed by atoms with van der Waals surface area (Å²) >= 11 is 0. The second-order valence-corrected chi connectivity index (χ2v) is 4.34. The molecule has 2 heterocycles. The summed E-state index contributed by atoms with van der Waals surface area (Å²) in [5, 5.41) is 2.82. The Hall–Kier alpha value is -1.82. The maximum absolute atomic E-state index is 12.2. The highest BCUT2D eigenvalue weighted by molar-refractivity contribution is 5.90. The molecule has 0 saturated carbocycles. The van der Waals surface area contributed by atoms with Gasteiger partial charge in [0.15, 0.2) is 0 Å². The van der Waals surface area contributed by atoms with Crippen molar-refractivity contribution in [2.75, 3.05) is 32.1 Å². The van der Waals surface area contributed by atoms with Gasteiger partial charge in [-0.15, -0.1) is 0 Å². The van der Waals surface area contributed by atoms with E-state index in [9.17, 15) is 4.79 Å². The molecule has 0 unspecified atom stereocenters. The van der Waals surface area contributed by atoms with Crippen LogP contribution >= 0.6 is 0 Å². The summed E-state index contributed by atoms with van der Waals surface area (Å²) in [7, 11) is 1.53. The van der Waals surface area contributed by atoms with Gasteiger partial charge >= 0.3 is 6.03 Å². The molecule has 0 bridgehead atoms. The van der Waals surface area contributed by atoms with Crippen LogP contribution in [0.15, 0.2) is 18.3 Å². The number of aromatic nitrogens is 1. The average molecular weight is 265 g/mol. The number of carbonyl (C=O) groups is 1. The lowest BCUT2D eigenvalue weighted by atomic mass is 10.2. The first-order valence-corrected chi connectivity index (χ1v) is 6.41. The van der Waals surface area contributed by atoms with Crippen molar-refractivity contribution in [2.24, 2.45) is 0 Å². The smallest absolute Gasteiger partial charge is 0.322 e. The van der Waals surface area contributed by atoms with Crippen LogP contribution in [-0.2, 0) is 4.74 Å². The van der Waals surface area contributed by atoms with Crippen LogP contribution in [0, 0.1) is 0 Å². The molecule has 0 aliphatic carbocycles. The minimum absolute atomic E-state index is 0.121. The molecule has 6 heteroatoms. The van der Waals surface area contributed by atoms with Crippen LogP contribution < -0.4 is 10.1 Å². The van der Waals surface area contributed by atoms with Crippen molar-refractivity contribution in [1.29, 1.82) is 0 Å². The molecule has 1 aliphatic rings. The van der Waals surface area contributed by atoms with Gasteiger partial charge in [0.25, 0.3) is 0 Å². The highest BCUT2D eigenvalue weighted by atomic mass is 16.5. The molecule has 1 N–H and O–H groups in total. The predicted octanol–water partition coefficient (Wildman–Crippen LogP) is 1.73. The molecule has 0 spiro atoms. The highest BCUT2D eigenvalue weighted by Crippen LogP contribution is 2.20. The molecular formula is C13H19N3O3. The van der Waals surface area contributed by atoms with E-state index in [0.717, 1.165) is 6.42 Å². The molecular weight excluding hydrogens is 246 g/mol. The third kappa shape index (κ3) is 3.35. The number of rotatable bonds is 3. The largest absolute Gasteiger partial charge is 0.480 e. The highest BCUT2D eigenvalue weighted by Gasteiger charge is 2.23. The van der Waals surface area contributed by atoms with Crippen LogP contribution in [0.3, 0.4) is 0 Å². The van der Waals surface area contributed by atoms with Crippen LogP contribution in [0.1, 0.15) is 13.3 Å². The molecule has 1 aliphatic heterocycles. The Bertz CT molecular complexity index is 439. The van der Waals surface area contributed by atoms with Gasteiger partial charge < -0.3 is 19.7 Å². The van der Waals surface area contributed by atoms with Gasteiger partial charge in [-0.2, -0.15) is 0 Å². The molecule has 0 aromatic carbocycles. The van der Waals surface area contributed by atoms with Crippen molar-refractivity contribution >= 4 is 11.7 Å². The first kappa shape index (κ1) is 13.6. The number of morpholine rings is 1. The molecule has 1 saturated heterocycles. The Morgan fingerprint density at radius 2 is 2.53 bits per heavy atom. The topological polar surface area (TPSA) is 63.7 Å². The van der Waals surface area contributed by atoms with Gasteiger partial charge in [0.05, 0.1) is 19.8 Å². The lowest BCUT2D eigenvalue weighted by molar-refractivity contribution is -0.0134. The number of ether oxygens (including phenoxy) is 2. The number of carbonyl (C=O) groups excluding carboxylic acids is 1. The summed E-state index contributed by atoms with van der Waals surface area (Å²) in [5.74, 6) is 0.413. The standard InChI is InChI=1S/C13H19N3O3/c1-3-10-9-16(7-8-19-10)13(17)15-11-5-4-6-14-12(11)18-2/h4-6,10H,3,7-9H2,1-2H3,(H,15,17)/t10-/m1/s1. The van der Waals surface area contributed by atoms with E-state index in [1.165, 1.54) is 7.11 Å². The third-order valence-electron chi connectivity index (χ3n) is 3.09. The van der Waals surface area contributed by atoms with Gasteiger partial charge in [-0.25, -0.2) is 9.78 Å². The average Bonchev–Trinajstić information content (AvgIpc) is 2.47. The van der Waals surface area contributed by atoms with Crippen LogP contribution in [0.4, 0.5) is 10.5 Å². The number of nitrogens with zero attached hydrogens (tertiary/aromatic N) is 2. The zero-order valence-electron chi connectivity index (χ0n) is 11.3. The van der Waals surface area contributed by atoms with Crippen molar-refractivity contribution in [3.63, 3.8) is 0 Å². The van der Waals surface area contributed by atoms with Crippen LogP contribution in [-0.4, -0.2) is 48.8 Å². The minimum atomic E-state index is -0.145. The molecule has 1 atom stereocenters. The monoisotopic (exact) mass is 265 g/mol. The molecule has 1 aromatic heterocycles. The number of anilines is 1. The van der Waals surface area contributed by atoms with E-state index in [1.54, 1.807) is 23.2 Å². The number of hydrogen-bond acceptors (Lipinski definition) is 4. The molecule has 2 rings (SSSR count). The minimum Gasteiger partial charge on any atom is -0.480 e. The van der Waals surface area contributed by atoms with Gasteiger partial charge in [-0.05, 0) is 18.6 Å². The normalized spacial score (nSPS) is 19.1. The van der Waals surface area contributed by atoms with E-state index in [0.29, 0.717) is 31.3 Å². The van der Waals surface area contributed by atoms with Gasteiger partial charge in [-0.1, -0.05) is 6.92 Å². The predicted molar refractivity (Wildman–Crippen MR) is 71.4 cm³/mol. The number of pyridine rings is 1. The van der Waals surface area contributed by atoms with E-state index < -0.39 is 0 Å². The van der Waals surface area contributed by atoms with E-state index in [4.69, 9.17) is 9.47 Å². The fraction of sp³-hybridized carbons (Fsp3) is 0.538. The molecule has 2 amide bonds. The van der Waals surface area contributed by atoms with Gasteiger partial charge in [-0.3, -0.25) is 0 Å². The zero-order chi connectivity index (χ0) is 13.7. The summed E-state index contributed by atoms with van der Waals surface area (Å²) < 4.78 is 10.7.